The summed E-state index contributed by atoms with van der Waals surface area (Å²) in [7, 11) is 2.11. The highest BCUT2D eigenvalue weighted by molar-refractivity contribution is 5.76. The molecule has 0 saturated carbocycles. The minimum Gasteiger partial charge on any atom is -0.340 e. The highest BCUT2D eigenvalue weighted by atomic mass is 16.2. The van der Waals surface area contributed by atoms with Crippen LogP contribution in [0.25, 0.3) is 0 Å². The fourth-order valence-electron chi connectivity index (χ4n) is 2.79. The first-order valence-corrected chi connectivity index (χ1v) is 8.30. The zero-order valence-electron chi connectivity index (χ0n) is 14.1. The van der Waals surface area contributed by atoms with Crippen molar-refractivity contribution >= 4 is 5.91 Å². The van der Waals surface area contributed by atoms with Gasteiger partial charge in [-0.2, -0.15) is 0 Å². The van der Waals surface area contributed by atoms with E-state index in [1.54, 1.807) is 0 Å². The van der Waals surface area contributed by atoms with Gasteiger partial charge in [0.25, 0.3) is 0 Å². The lowest BCUT2D eigenvalue weighted by molar-refractivity contribution is -0.132. The Bertz CT molecular complexity index is 466. The van der Waals surface area contributed by atoms with E-state index in [9.17, 15) is 4.79 Å². The SMILES string of the molecule is Cc1ccc(CC(C)N(C)CCC(=O)N2CCNCC2)cc1. The standard InChI is InChI=1S/C18H29N3O/c1-15-4-6-17(7-5-15)14-16(2)20(3)11-8-18(22)21-12-9-19-10-13-21/h4-7,16,19H,8-14H2,1-3H3. The molecule has 1 aliphatic rings. The van der Waals surface area contributed by atoms with Crippen LogP contribution in [-0.4, -0.2) is 61.5 Å². The number of nitrogens with zero attached hydrogens (tertiary/aromatic N) is 2. The molecule has 1 atom stereocenters. The van der Waals surface area contributed by atoms with Crippen molar-refractivity contribution in [3.05, 3.63) is 35.4 Å². The minimum absolute atomic E-state index is 0.288. The Morgan fingerprint density at radius 2 is 1.91 bits per heavy atom. The molecule has 4 heteroatoms. The van der Waals surface area contributed by atoms with E-state index >= 15 is 0 Å². The Kier molecular flexibility index (Phi) is 6.40. The normalized spacial score (nSPS) is 16.8. The number of rotatable bonds is 6. The van der Waals surface area contributed by atoms with Gasteiger partial charge in [-0.05, 0) is 32.9 Å². The van der Waals surface area contributed by atoms with Crippen LogP contribution in [0.1, 0.15) is 24.5 Å². The summed E-state index contributed by atoms with van der Waals surface area (Å²) in [5, 5.41) is 3.28. The summed E-state index contributed by atoms with van der Waals surface area (Å²) in [6.45, 7) is 8.71. The van der Waals surface area contributed by atoms with Gasteiger partial charge in [0.1, 0.15) is 0 Å². The average molecular weight is 303 g/mol. The molecular formula is C18H29N3O. The molecule has 1 aliphatic heterocycles. The Balaban J connectivity index is 1.74. The molecule has 0 spiro atoms. The first-order chi connectivity index (χ1) is 10.6. The Labute approximate surface area is 134 Å². The third-order valence-corrected chi connectivity index (χ3v) is 4.55. The molecule has 1 N–H and O–H groups in total. The number of carbonyl (C=O) groups is 1. The van der Waals surface area contributed by atoms with E-state index in [-0.39, 0.29) is 5.91 Å². The molecule has 2 rings (SSSR count). The van der Waals surface area contributed by atoms with Gasteiger partial charge in [-0.1, -0.05) is 29.8 Å². The van der Waals surface area contributed by atoms with Crippen molar-refractivity contribution in [2.45, 2.75) is 32.7 Å². The van der Waals surface area contributed by atoms with Crippen LogP contribution >= 0.6 is 0 Å². The molecule has 4 nitrogen and oxygen atoms in total. The summed E-state index contributed by atoms with van der Waals surface area (Å²) in [5.74, 6) is 0.288. The molecule has 1 amide bonds. The number of benzene rings is 1. The fourth-order valence-corrected chi connectivity index (χ4v) is 2.79. The van der Waals surface area contributed by atoms with Gasteiger partial charge < -0.3 is 15.1 Å². The first-order valence-electron chi connectivity index (χ1n) is 8.30. The summed E-state index contributed by atoms with van der Waals surface area (Å²) in [6.07, 6.45) is 1.65. The Morgan fingerprint density at radius 3 is 2.55 bits per heavy atom. The van der Waals surface area contributed by atoms with Crippen LogP contribution in [0.2, 0.25) is 0 Å². The molecule has 1 unspecified atom stereocenters. The van der Waals surface area contributed by atoms with Crippen LogP contribution in [0.15, 0.2) is 24.3 Å². The van der Waals surface area contributed by atoms with Crippen LogP contribution in [-0.2, 0) is 11.2 Å². The lowest BCUT2D eigenvalue weighted by Crippen LogP contribution is -2.47. The summed E-state index contributed by atoms with van der Waals surface area (Å²) in [4.78, 5) is 16.5. The number of likely N-dealkylation sites (N-methyl/N-ethyl adjacent to an activating group) is 1. The number of nitrogens with one attached hydrogen (secondary N) is 1. The smallest absolute Gasteiger partial charge is 0.223 e. The quantitative estimate of drug-likeness (QED) is 0.868. The molecule has 0 radical (unpaired) electrons. The maximum Gasteiger partial charge on any atom is 0.223 e. The molecule has 0 aliphatic carbocycles. The molecule has 0 bridgehead atoms. The lowest BCUT2D eigenvalue weighted by atomic mass is 10.0. The maximum atomic E-state index is 12.2. The number of hydrogen-bond donors (Lipinski definition) is 1. The van der Waals surface area contributed by atoms with E-state index in [0.29, 0.717) is 12.5 Å². The summed E-state index contributed by atoms with van der Waals surface area (Å²) in [6, 6.07) is 9.17. The lowest BCUT2D eigenvalue weighted by Gasteiger charge is -2.29. The monoisotopic (exact) mass is 303 g/mol. The van der Waals surface area contributed by atoms with Crippen molar-refractivity contribution in [3.63, 3.8) is 0 Å². The predicted octanol–water partition coefficient (Wildman–Crippen LogP) is 1.68. The molecule has 1 heterocycles. The highest BCUT2D eigenvalue weighted by Crippen LogP contribution is 2.10. The van der Waals surface area contributed by atoms with Crippen LogP contribution in [0.5, 0.6) is 0 Å². The van der Waals surface area contributed by atoms with Crippen molar-refractivity contribution < 1.29 is 4.79 Å². The zero-order chi connectivity index (χ0) is 15.9. The fraction of sp³-hybridized carbons (Fsp3) is 0.611. The second-order valence-corrected chi connectivity index (χ2v) is 6.40. The van der Waals surface area contributed by atoms with Crippen molar-refractivity contribution in [1.29, 1.82) is 0 Å². The van der Waals surface area contributed by atoms with Crippen LogP contribution in [0, 0.1) is 6.92 Å². The van der Waals surface area contributed by atoms with E-state index in [0.717, 1.165) is 39.1 Å². The summed E-state index contributed by atoms with van der Waals surface area (Å²) in [5.41, 5.74) is 2.66. The van der Waals surface area contributed by atoms with Gasteiger partial charge in [-0.25, -0.2) is 0 Å². The molecule has 1 aromatic rings. The molecule has 0 aromatic heterocycles. The van der Waals surface area contributed by atoms with Crippen molar-refractivity contribution in [1.82, 2.24) is 15.1 Å². The molecule has 1 saturated heterocycles. The number of piperazine rings is 1. The van der Waals surface area contributed by atoms with Crippen LogP contribution in [0.4, 0.5) is 0 Å². The van der Waals surface area contributed by atoms with E-state index < -0.39 is 0 Å². The van der Waals surface area contributed by atoms with Crippen LogP contribution < -0.4 is 5.32 Å². The highest BCUT2D eigenvalue weighted by Gasteiger charge is 2.17. The van der Waals surface area contributed by atoms with Crippen LogP contribution in [0.3, 0.4) is 0 Å². The molecule has 1 fully saturated rings. The topological polar surface area (TPSA) is 35.6 Å². The van der Waals surface area contributed by atoms with Gasteiger partial charge in [0.15, 0.2) is 0 Å². The number of hydrogen-bond acceptors (Lipinski definition) is 3. The predicted molar refractivity (Wildman–Crippen MR) is 91.0 cm³/mol. The van der Waals surface area contributed by atoms with E-state index in [1.165, 1.54) is 11.1 Å². The second-order valence-electron chi connectivity index (χ2n) is 6.40. The van der Waals surface area contributed by atoms with Gasteiger partial charge in [-0.15, -0.1) is 0 Å². The first kappa shape index (κ1) is 17.0. The number of amides is 1. The van der Waals surface area contributed by atoms with Gasteiger partial charge in [0.2, 0.25) is 5.91 Å². The van der Waals surface area contributed by atoms with E-state index in [4.69, 9.17) is 0 Å². The van der Waals surface area contributed by atoms with Crippen molar-refractivity contribution in [2.75, 3.05) is 39.8 Å². The average Bonchev–Trinajstić information content (AvgIpc) is 2.55. The molecular weight excluding hydrogens is 274 g/mol. The second kappa shape index (κ2) is 8.30. The van der Waals surface area contributed by atoms with Gasteiger partial charge in [0.05, 0.1) is 0 Å². The molecule has 22 heavy (non-hydrogen) atoms. The Hall–Kier alpha value is -1.39. The third-order valence-electron chi connectivity index (χ3n) is 4.55. The van der Waals surface area contributed by atoms with Gasteiger partial charge in [0, 0.05) is 45.2 Å². The number of carbonyl (C=O) groups excluding carboxylic acids is 1. The zero-order valence-corrected chi connectivity index (χ0v) is 14.1. The largest absolute Gasteiger partial charge is 0.340 e. The maximum absolute atomic E-state index is 12.2. The Morgan fingerprint density at radius 1 is 1.27 bits per heavy atom. The third kappa shape index (κ3) is 5.11. The van der Waals surface area contributed by atoms with E-state index in [2.05, 4.69) is 55.4 Å². The van der Waals surface area contributed by atoms with Gasteiger partial charge in [-0.3, -0.25) is 4.79 Å². The van der Waals surface area contributed by atoms with Gasteiger partial charge >= 0.3 is 0 Å². The summed E-state index contributed by atoms with van der Waals surface area (Å²) >= 11 is 0. The minimum atomic E-state index is 0.288. The van der Waals surface area contributed by atoms with Crippen molar-refractivity contribution in [3.8, 4) is 0 Å². The van der Waals surface area contributed by atoms with E-state index in [1.807, 2.05) is 4.90 Å². The molecule has 1 aromatic carbocycles. The molecule has 122 valence electrons. The summed E-state index contributed by atoms with van der Waals surface area (Å²) < 4.78 is 0. The van der Waals surface area contributed by atoms with Crippen molar-refractivity contribution in [2.24, 2.45) is 0 Å². The number of aryl methyl sites for hydroxylation is 1.